The van der Waals surface area contributed by atoms with E-state index >= 15 is 0 Å². The van der Waals surface area contributed by atoms with Gasteiger partial charge >= 0.3 is 0 Å². The largest absolute Gasteiger partial charge is 0.420 e. The van der Waals surface area contributed by atoms with Crippen molar-refractivity contribution in [1.82, 2.24) is 20.1 Å². The minimum atomic E-state index is -0.000583. The maximum atomic E-state index is 12.8. The predicted molar refractivity (Wildman–Crippen MR) is 109 cm³/mol. The molecule has 7 nitrogen and oxygen atoms in total. The number of benzene rings is 1. The Morgan fingerprint density at radius 3 is 2.66 bits per heavy atom. The minimum absolute atomic E-state index is 0.000583. The van der Waals surface area contributed by atoms with Crippen LogP contribution in [0.25, 0.3) is 11.5 Å². The van der Waals surface area contributed by atoms with Gasteiger partial charge in [-0.05, 0) is 43.2 Å². The highest BCUT2D eigenvalue weighted by Crippen LogP contribution is 2.40. The molecule has 2 fully saturated rings. The summed E-state index contributed by atoms with van der Waals surface area (Å²) in [6.45, 7) is 2.58. The van der Waals surface area contributed by atoms with Crippen LogP contribution in [0.15, 0.2) is 47.0 Å². The molecule has 148 valence electrons. The number of nitrogens with zero attached hydrogens (tertiary/aromatic N) is 5. The molecule has 1 saturated carbocycles. The van der Waals surface area contributed by atoms with Crippen molar-refractivity contribution in [2.45, 2.75) is 18.8 Å². The molecule has 29 heavy (non-hydrogen) atoms. The van der Waals surface area contributed by atoms with Crippen LogP contribution in [0, 0.1) is 0 Å². The maximum Gasteiger partial charge on any atom is 0.254 e. The lowest BCUT2D eigenvalue weighted by molar-refractivity contribution is 0.0746. The zero-order valence-electron chi connectivity index (χ0n) is 15.8. The number of anilines is 1. The Bertz CT molecular complexity index is 1040. The van der Waals surface area contributed by atoms with E-state index < -0.39 is 0 Å². The molecule has 1 aliphatic carbocycles. The number of pyridine rings is 1. The van der Waals surface area contributed by atoms with Crippen LogP contribution in [0.5, 0.6) is 0 Å². The average Bonchev–Trinajstić information content (AvgIpc) is 3.50. The lowest BCUT2D eigenvalue weighted by atomic mass is 10.1. The number of hydrogen-bond donors (Lipinski definition) is 0. The van der Waals surface area contributed by atoms with E-state index in [1.165, 1.54) is 0 Å². The molecule has 0 unspecified atom stereocenters. The summed E-state index contributed by atoms with van der Waals surface area (Å²) in [6.07, 6.45) is 3.99. The highest BCUT2D eigenvalue weighted by molar-refractivity contribution is 6.30. The van der Waals surface area contributed by atoms with Crippen molar-refractivity contribution in [2.75, 3.05) is 31.1 Å². The molecule has 3 aromatic rings. The molecule has 8 heteroatoms. The lowest BCUT2D eigenvalue weighted by Gasteiger charge is -2.36. The Morgan fingerprint density at radius 1 is 1.07 bits per heavy atom. The van der Waals surface area contributed by atoms with Gasteiger partial charge in [-0.3, -0.25) is 4.79 Å². The Balaban J connectivity index is 1.31. The first-order valence-corrected chi connectivity index (χ1v) is 10.2. The Kier molecular flexibility index (Phi) is 4.67. The normalized spacial score (nSPS) is 16.9. The number of piperazine rings is 1. The van der Waals surface area contributed by atoms with Crippen LogP contribution in [-0.4, -0.2) is 52.2 Å². The van der Waals surface area contributed by atoms with Gasteiger partial charge < -0.3 is 14.2 Å². The summed E-state index contributed by atoms with van der Waals surface area (Å²) in [4.78, 5) is 21.3. The molecular formula is C21H20ClN5O2. The van der Waals surface area contributed by atoms with Crippen LogP contribution >= 0.6 is 11.6 Å². The average molecular weight is 410 g/mol. The van der Waals surface area contributed by atoms with Crippen molar-refractivity contribution in [3.8, 4) is 11.5 Å². The fourth-order valence-corrected chi connectivity index (χ4v) is 3.77. The van der Waals surface area contributed by atoms with Crippen molar-refractivity contribution in [3.63, 3.8) is 0 Å². The Hall–Kier alpha value is -2.93. The van der Waals surface area contributed by atoms with Gasteiger partial charge in [-0.25, -0.2) is 4.98 Å². The molecule has 0 bridgehead atoms. The van der Waals surface area contributed by atoms with Crippen LogP contribution in [0.3, 0.4) is 0 Å². The van der Waals surface area contributed by atoms with Crippen LogP contribution in [0.4, 0.5) is 5.82 Å². The summed E-state index contributed by atoms with van der Waals surface area (Å²) < 4.78 is 5.89. The second-order valence-corrected chi connectivity index (χ2v) is 7.82. The lowest BCUT2D eigenvalue weighted by Crippen LogP contribution is -2.49. The summed E-state index contributed by atoms with van der Waals surface area (Å²) >= 11 is 6.02. The van der Waals surface area contributed by atoms with E-state index in [4.69, 9.17) is 16.0 Å². The van der Waals surface area contributed by atoms with E-state index in [0.717, 1.165) is 24.2 Å². The number of rotatable bonds is 4. The third-order valence-corrected chi connectivity index (χ3v) is 5.56. The van der Waals surface area contributed by atoms with Gasteiger partial charge in [0, 0.05) is 48.9 Å². The van der Waals surface area contributed by atoms with E-state index in [0.29, 0.717) is 54.5 Å². The first kappa shape index (κ1) is 18.1. The second-order valence-electron chi connectivity index (χ2n) is 7.38. The quantitative estimate of drug-likeness (QED) is 0.655. The molecule has 2 aromatic heterocycles. The predicted octanol–water partition coefficient (Wildman–Crippen LogP) is 3.62. The minimum Gasteiger partial charge on any atom is -0.420 e. The van der Waals surface area contributed by atoms with E-state index in [1.807, 2.05) is 17.0 Å². The molecule has 0 N–H and O–H groups in total. The summed E-state index contributed by atoms with van der Waals surface area (Å²) in [5, 5.41) is 8.99. The van der Waals surface area contributed by atoms with Gasteiger partial charge in [0.2, 0.25) is 5.89 Å². The van der Waals surface area contributed by atoms with Crippen molar-refractivity contribution in [1.29, 1.82) is 0 Å². The van der Waals surface area contributed by atoms with Gasteiger partial charge in [-0.2, -0.15) is 0 Å². The molecule has 1 saturated heterocycles. The topological polar surface area (TPSA) is 75.4 Å². The number of aromatic nitrogens is 3. The van der Waals surface area contributed by atoms with Crippen molar-refractivity contribution in [3.05, 3.63) is 59.1 Å². The summed E-state index contributed by atoms with van der Waals surface area (Å²) in [5.41, 5.74) is 1.45. The first-order chi connectivity index (χ1) is 14.2. The zero-order valence-corrected chi connectivity index (χ0v) is 16.5. The molecule has 0 radical (unpaired) electrons. The molecule has 0 atom stereocenters. The van der Waals surface area contributed by atoms with Crippen LogP contribution in [0.2, 0.25) is 5.02 Å². The van der Waals surface area contributed by atoms with Crippen molar-refractivity contribution in [2.24, 2.45) is 0 Å². The standard InChI is InChI=1S/C21H20ClN5O2/c22-16-4-1-3-15(13-16)21(28)27-11-9-26(10-12-27)18-17(5-2-8-23-18)20-25-24-19(29-20)14-6-7-14/h1-5,8,13-14H,6-7,9-12H2. The number of halogens is 1. The highest BCUT2D eigenvalue weighted by atomic mass is 35.5. The fourth-order valence-electron chi connectivity index (χ4n) is 3.58. The maximum absolute atomic E-state index is 12.8. The smallest absolute Gasteiger partial charge is 0.254 e. The van der Waals surface area contributed by atoms with Crippen LogP contribution < -0.4 is 4.90 Å². The first-order valence-electron chi connectivity index (χ1n) is 9.77. The highest BCUT2D eigenvalue weighted by Gasteiger charge is 2.31. The van der Waals surface area contributed by atoms with Crippen molar-refractivity contribution >= 4 is 23.3 Å². The van der Waals surface area contributed by atoms with E-state index in [-0.39, 0.29) is 5.91 Å². The summed E-state index contributed by atoms with van der Waals surface area (Å²) in [5.74, 6) is 2.45. The summed E-state index contributed by atoms with van der Waals surface area (Å²) in [6, 6.07) is 10.9. The molecule has 1 amide bonds. The van der Waals surface area contributed by atoms with Gasteiger partial charge in [0.05, 0.1) is 5.56 Å². The zero-order chi connectivity index (χ0) is 19.8. The fraction of sp³-hybridized carbons (Fsp3) is 0.333. The molecule has 2 aliphatic rings. The molecule has 0 spiro atoms. The Morgan fingerprint density at radius 2 is 1.90 bits per heavy atom. The van der Waals surface area contributed by atoms with Crippen molar-refractivity contribution < 1.29 is 9.21 Å². The van der Waals surface area contributed by atoms with Crippen LogP contribution in [0.1, 0.15) is 35.0 Å². The van der Waals surface area contributed by atoms with Gasteiger partial charge in [0.15, 0.2) is 0 Å². The third-order valence-electron chi connectivity index (χ3n) is 5.32. The molecular weight excluding hydrogens is 390 g/mol. The van der Waals surface area contributed by atoms with Gasteiger partial charge in [0.25, 0.3) is 11.8 Å². The molecule has 5 rings (SSSR count). The SMILES string of the molecule is O=C(c1cccc(Cl)c1)N1CCN(c2ncccc2-c2nnc(C3CC3)o2)CC1. The van der Waals surface area contributed by atoms with E-state index in [1.54, 1.807) is 30.5 Å². The number of amides is 1. The monoisotopic (exact) mass is 409 g/mol. The molecule has 1 aromatic carbocycles. The number of carbonyl (C=O) groups is 1. The van der Waals surface area contributed by atoms with Gasteiger partial charge in [0.1, 0.15) is 5.82 Å². The summed E-state index contributed by atoms with van der Waals surface area (Å²) in [7, 11) is 0. The second kappa shape index (κ2) is 7.48. The van der Waals surface area contributed by atoms with Gasteiger partial charge in [-0.15, -0.1) is 10.2 Å². The van der Waals surface area contributed by atoms with E-state index in [9.17, 15) is 4.79 Å². The Labute approximate surface area is 173 Å². The molecule has 1 aliphatic heterocycles. The molecule has 3 heterocycles. The third kappa shape index (κ3) is 3.70. The van der Waals surface area contributed by atoms with E-state index in [2.05, 4.69) is 20.1 Å². The van der Waals surface area contributed by atoms with Gasteiger partial charge in [-0.1, -0.05) is 17.7 Å². The number of hydrogen-bond acceptors (Lipinski definition) is 6. The number of carbonyl (C=O) groups excluding carboxylic acids is 1. The van der Waals surface area contributed by atoms with Crippen LogP contribution in [-0.2, 0) is 0 Å².